The average Bonchev–Trinajstić information content (AvgIpc) is 2.66. The maximum atomic E-state index is 12.4. The first-order valence-corrected chi connectivity index (χ1v) is 9.19. The molecule has 2 saturated heterocycles. The van der Waals surface area contributed by atoms with E-state index in [9.17, 15) is 4.79 Å². The lowest BCUT2D eigenvalue weighted by Crippen LogP contribution is -2.66. The van der Waals surface area contributed by atoms with Gasteiger partial charge < -0.3 is 15.0 Å². The number of amides is 1. The number of ether oxygens (including phenoxy) is 1. The summed E-state index contributed by atoms with van der Waals surface area (Å²) < 4.78 is 6.16. The molecule has 6 heteroatoms. The van der Waals surface area contributed by atoms with Crippen molar-refractivity contribution < 1.29 is 9.53 Å². The zero-order chi connectivity index (χ0) is 17.8. The van der Waals surface area contributed by atoms with Crippen molar-refractivity contribution in [2.45, 2.75) is 24.9 Å². The first-order valence-electron chi connectivity index (χ1n) is 9.19. The molecule has 4 rings (SSSR count). The van der Waals surface area contributed by atoms with E-state index in [0.29, 0.717) is 18.3 Å². The standard InChI is InChI=1S/C20H24N4O2/c25-18(11-16-5-2-1-3-6-16)24-14-20(15-24)8-7-17(13-26-20)12-23-19-21-9-4-10-22-19/h1-6,9-10,17H,7-8,11-15H2,(H,21,22,23). The van der Waals surface area contributed by atoms with Gasteiger partial charge in [-0.3, -0.25) is 4.79 Å². The molecule has 26 heavy (non-hydrogen) atoms. The number of nitrogens with one attached hydrogen (secondary N) is 1. The predicted molar refractivity (Wildman–Crippen MR) is 98.7 cm³/mol. The summed E-state index contributed by atoms with van der Waals surface area (Å²) in [6, 6.07) is 11.7. The zero-order valence-electron chi connectivity index (χ0n) is 14.8. The summed E-state index contributed by atoms with van der Waals surface area (Å²) in [7, 11) is 0. The molecule has 0 aliphatic carbocycles. The third-order valence-electron chi connectivity index (χ3n) is 5.26. The van der Waals surface area contributed by atoms with Gasteiger partial charge in [-0.1, -0.05) is 30.3 Å². The molecule has 0 bridgehead atoms. The van der Waals surface area contributed by atoms with E-state index < -0.39 is 0 Å². The van der Waals surface area contributed by atoms with Crippen LogP contribution in [-0.4, -0.2) is 52.6 Å². The fourth-order valence-corrected chi connectivity index (χ4v) is 3.66. The van der Waals surface area contributed by atoms with Crippen molar-refractivity contribution in [1.82, 2.24) is 14.9 Å². The molecule has 6 nitrogen and oxygen atoms in total. The van der Waals surface area contributed by atoms with Crippen molar-refractivity contribution in [2.24, 2.45) is 5.92 Å². The van der Waals surface area contributed by atoms with E-state index in [1.54, 1.807) is 18.5 Å². The number of aromatic nitrogens is 2. The van der Waals surface area contributed by atoms with Crippen LogP contribution in [0.2, 0.25) is 0 Å². The predicted octanol–water partition coefficient (Wildman–Crippen LogP) is 2.14. The van der Waals surface area contributed by atoms with Crippen molar-refractivity contribution in [2.75, 3.05) is 31.6 Å². The Bertz CT molecular complexity index is 722. The normalized spacial score (nSPS) is 21.2. The Balaban J connectivity index is 1.20. The molecule has 1 spiro atoms. The number of hydrogen-bond acceptors (Lipinski definition) is 5. The van der Waals surface area contributed by atoms with Crippen LogP contribution in [-0.2, 0) is 16.0 Å². The lowest BCUT2D eigenvalue weighted by Gasteiger charge is -2.52. The number of rotatable bonds is 5. The van der Waals surface area contributed by atoms with E-state index in [4.69, 9.17) is 4.74 Å². The second-order valence-corrected chi connectivity index (χ2v) is 7.26. The molecular formula is C20H24N4O2. The minimum atomic E-state index is -0.119. The molecule has 1 aromatic heterocycles. The van der Waals surface area contributed by atoms with E-state index >= 15 is 0 Å². The summed E-state index contributed by atoms with van der Waals surface area (Å²) in [6.07, 6.45) is 6.04. The highest BCUT2D eigenvalue weighted by atomic mass is 16.5. The molecule has 1 aromatic carbocycles. The van der Waals surface area contributed by atoms with Crippen LogP contribution in [0.25, 0.3) is 0 Å². The maximum Gasteiger partial charge on any atom is 0.227 e. The van der Waals surface area contributed by atoms with Crippen LogP contribution in [0.4, 0.5) is 5.95 Å². The van der Waals surface area contributed by atoms with Crippen molar-refractivity contribution in [3.8, 4) is 0 Å². The summed E-state index contributed by atoms with van der Waals surface area (Å²) in [4.78, 5) is 22.7. The molecule has 2 aliphatic heterocycles. The molecule has 2 aromatic rings. The largest absolute Gasteiger partial charge is 0.371 e. The van der Waals surface area contributed by atoms with Crippen LogP contribution in [0, 0.1) is 5.92 Å². The highest BCUT2D eigenvalue weighted by molar-refractivity contribution is 5.79. The van der Waals surface area contributed by atoms with Gasteiger partial charge in [0.1, 0.15) is 5.60 Å². The zero-order valence-corrected chi connectivity index (χ0v) is 14.8. The fraction of sp³-hybridized carbons (Fsp3) is 0.450. The first-order chi connectivity index (χ1) is 12.7. The monoisotopic (exact) mass is 352 g/mol. The van der Waals surface area contributed by atoms with Gasteiger partial charge in [0.05, 0.1) is 26.1 Å². The van der Waals surface area contributed by atoms with Gasteiger partial charge in [0, 0.05) is 18.9 Å². The number of carbonyl (C=O) groups excluding carboxylic acids is 1. The highest BCUT2D eigenvalue weighted by Gasteiger charge is 2.48. The molecule has 2 fully saturated rings. The molecule has 136 valence electrons. The first kappa shape index (κ1) is 17.0. The summed E-state index contributed by atoms with van der Waals surface area (Å²) in [5.41, 5.74) is 0.948. The van der Waals surface area contributed by atoms with Gasteiger partial charge in [-0.2, -0.15) is 0 Å². The Morgan fingerprint density at radius 1 is 1.19 bits per heavy atom. The molecule has 1 atom stereocenters. The number of likely N-dealkylation sites (tertiary alicyclic amines) is 1. The lowest BCUT2D eigenvalue weighted by molar-refractivity contribution is -0.187. The molecule has 0 radical (unpaired) electrons. The fourth-order valence-electron chi connectivity index (χ4n) is 3.66. The van der Waals surface area contributed by atoms with Crippen LogP contribution < -0.4 is 5.32 Å². The van der Waals surface area contributed by atoms with Crippen molar-refractivity contribution in [3.63, 3.8) is 0 Å². The smallest absolute Gasteiger partial charge is 0.227 e. The van der Waals surface area contributed by atoms with Gasteiger partial charge in [-0.05, 0) is 30.4 Å². The van der Waals surface area contributed by atoms with Crippen molar-refractivity contribution in [3.05, 3.63) is 54.4 Å². The summed E-state index contributed by atoms with van der Waals surface area (Å²) in [5.74, 6) is 1.31. The van der Waals surface area contributed by atoms with Gasteiger partial charge in [0.25, 0.3) is 0 Å². The molecule has 3 heterocycles. The molecule has 1 amide bonds. The Kier molecular flexibility index (Phi) is 4.84. The summed E-state index contributed by atoms with van der Waals surface area (Å²) in [6.45, 7) is 2.98. The third kappa shape index (κ3) is 3.85. The summed E-state index contributed by atoms with van der Waals surface area (Å²) >= 11 is 0. The molecule has 1 N–H and O–H groups in total. The van der Waals surface area contributed by atoms with Gasteiger partial charge in [0.15, 0.2) is 0 Å². The second-order valence-electron chi connectivity index (χ2n) is 7.26. The van der Waals surface area contributed by atoms with Crippen molar-refractivity contribution >= 4 is 11.9 Å². The Morgan fingerprint density at radius 3 is 2.65 bits per heavy atom. The second kappa shape index (κ2) is 7.41. The van der Waals surface area contributed by atoms with Crippen LogP contribution in [0.3, 0.4) is 0 Å². The quantitative estimate of drug-likeness (QED) is 0.893. The molecular weight excluding hydrogens is 328 g/mol. The van der Waals surface area contributed by atoms with Crippen LogP contribution >= 0.6 is 0 Å². The van der Waals surface area contributed by atoms with Gasteiger partial charge in [-0.15, -0.1) is 0 Å². The molecule has 1 unspecified atom stereocenters. The van der Waals surface area contributed by atoms with Crippen molar-refractivity contribution in [1.29, 1.82) is 0 Å². The number of anilines is 1. The van der Waals surface area contributed by atoms with E-state index in [0.717, 1.165) is 44.6 Å². The maximum absolute atomic E-state index is 12.4. The van der Waals surface area contributed by atoms with E-state index in [-0.39, 0.29) is 11.5 Å². The lowest BCUT2D eigenvalue weighted by atomic mass is 9.82. The minimum absolute atomic E-state index is 0.119. The van der Waals surface area contributed by atoms with E-state index in [2.05, 4.69) is 15.3 Å². The Hall–Kier alpha value is -2.47. The molecule has 2 aliphatic rings. The van der Waals surface area contributed by atoms with Crippen LogP contribution in [0.5, 0.6) is 0 Å². The Morgan fingerprint density at radius 2 is 1.96 bits per heavy atom. The minimum Gasteiger partial charge on any atom is -0.371 e. The topological polar surface area (TPSA) is 67.4 Å². The SMILES string of the molecule is O=C(Cc1ccccc1)N1CC2(CCC(CNc3ncccn3)CO2)C1. The number of nitrogens with zero attached hydrogens (tertiary/aromatic N) is 3. The van der Waals surface area contributed by atoms with Gasteiger partial charge >= 0.3 is 0 Å². The number of carbonyl (C=O) groups is 1. The third-order valence-corrected chi connectivity index (χ3v) is 5.26. The van der Waals surface area contributed by atoms with Gasteiger partial charge in [0.2, 0.25) is 11.9 Å². The average molecular weight is 352 g/mol. The van der Waals surface area contributed by atoms with E-state index in [1.165, 1.54) is 0 Å². The van der Waals surface area contributed by atoms with Gasteiger partial charge in [-0.25, -0.2) is 9.97 Å². The Labute approximate surface area is 153 Å². The number of hydrogen-bond donors (Lipinski definition) is 1. The number of benzene rings is 1. The van der Waals surface area contributed by atoms with Crippen LogP contribution in [0.1, 0.15) is 18.4 Å². The van der Waals surface area contributed by atoms with E-state index in [1.807, 2.05) is 35.2 Å². The van der Waals surface area contributed by atoms with Crippen LogP contribution in [0.15, 0.2) is 48.8 Å². The summed E-state index contributed by atoms with van der Waals surface area (Å²) in [5, 5.41) is 3.27. The molecule has 0 saturated carbocycles. The highest BCUT2D eigenvalue weighted by Crippen LogP contribution is 2.36.